The number of nitrogens with zero attached hydrogens (tertiary/aromatic N) is 2. The van der Waals surface area contributed by atoms with Crippen molar-refractivity contribution in [2.24, 2.45) is 0 Å². The fourth-order valence-corrected chi connectivity index (χ4v) is 1.55. The first-order chi connectivity index (χ1) is 8.33. The van der Waals surface area contributed by atoms with E-state index in [-0.39, 0.29) is 0 Å². The quantitative estimate of drug-likeness (QED) is 0.657. The Labute approximate surface area is 97.3 Å². The maximum atomic E-state index is 5.62. The van der Waals surface area contributed by atoms with Gasteiger partial charge < -0.3 is 15.2 Å². The number of rotatable bonds is 2. The van der Waals surface area contributed by atoms with Crippen LogP contribution in [-0.2, 0) is 0 Å². The average molecular weight is 226 g/mol. The average Bonchev–Trinajstić information content (AvgIpc) is 3.00. The minimum Gasteiger partial charge on any atom is -0.399 e. The van der Waals surface area contributed by atoms with E-state index in [1.165, 1.54) is 0 Å². The monoisotopic (exact) mass is 226 g/mol. The molecule has 0 aliphatic heterocycles. The van der Waals surface area contributed by atoms with Crippen LogP contribution in [0.4, 0.5) is 5.69 Å². The molecule has 0 unspecified atom stereocenters. The molecular formula is C12H10N4O. The molecule has 0 aliphatic rings. The number of nitrogens with one attached hydrogen (secondary N) is 1. The lowest BCUT2D eigenvalue weighted by Gasteiger charge is -1.94. The van der Waals surface area contributed by atoms with Crippen molar-refractivity contribution in [2.75, 3.05) is 5.73 Å². The van der Waals surface area contributed by atoms with E-state index < -0.39 is 0 Å². The molecule has 2 heterocycles. The third-order valence-electron chi connectivity index (χ3n) is 2.42. The van der Waals surface area contributed by atoms with Gasteiger partial charge in [0.1, 0.15) is 0 Å². The van der Waals surface area contributed by atoms with Crippen molar-refractivity contribution < 1.29 is 4.52 Å². The van der Waals surface area contributed by atoms with Crippen LogP contribution in [0.2, 0.25) is 0 Å². The Balaban J connectivity index is 1.98. The Bertz CT molecular complexity index is 610. The van der Waals surface area contributed by atoms with Crippen LogP contribution in [0, 0.1) is 0 Å². The van der Waals surface area contributed by atoms with Gasteiger partial charge in [0.05, 0.1) is 5.69 Å². The molecule has 0 aliphatic carbocycles. The molecule has 0 fully saturated rings. The van der Waals surface area contributed by atoms with Gasteiger partial charge in [-0.1, -0.05) is 5.16 Å². The van der Waals surface area contributed by atoms with Crippen LogP contribution in [0.25, 0.3) is 23.0 Å². The second kappa shape index (κ2) is 3.79. The van der Waals surface area contributed by atoms with Gasteiger partial charge in [0.15, 0.2) is 0 Å². The van der Waals surface area contributed by atoms with Gasteiger partial charge >= 0.3 is 0 Å². The molecule has 3 aromatic rings. The lowest BCUT2D eigenvalue weighted by molar-refractivity contribution is 0.432. The summed E-state index contributed by atoms with van der Waals surface area (Å²) in [6.45, 7) is 0. The second-order valence-corrected chi connectivity index (χ2v) is 3.63. The summed E-state index contributed by atoms with van der Waals surface area (Å²) in [5.74, 6) is 1.02. The predicted molar refractivity (Wildman–Crippen MR) is 63.9 cm³/mol. The molecule has 0 spiro atoms. The number of hydrogen-bond acceptors (Lipinski definition) is 4. The van der Waals surface area contributed by atoms with Crippen LogP contribution in [-0.4, -0.2) is 15.1 Å². The Morgan fingerprint density at radius 2 is 1.94 bits per heavy atom. The molecule has 2 aromatic heterocycles. The molecule has 0 radical (unpaired) electrons. The van der Waals surface area contributed by atoms with Crippen molar-refractivity contribution in [2.45, 2.75) is 0 Å². The van der Waals surface area contributed by atoms with Gasteiger partial charge in [-0.3, -0.25) is 0 Å². The highest BCUT2D eigenvalue weighted by atomic mass is 16.5. The number of aromatic nitrogens is 3. The van der Waals surface area contributed by atoms with Crippen molar-refractivity contribution in [3.8, 4) is 23.0 Å². The first-order valence-electron chi connectivity index (χ1n) is 5.16. The number of aromatic amines is 1. The van der Waals surface area contributed by atoms with Crippen LogP contribution < -0.4 is 5.73 Å². The van der Waals surface area contributed by atoms with Gasteiger partial charge in [0, 0.05) is 17.4 Å². The van der Waals surface area contributed by atoms with Crippen molar-refractivity contribution in [3.63, 3.8) is 0 Å². The van der Waals surface area contributed by atoms with Crippen molar-refractivity contribution in [1.29, 1.82) is 0 Å². The maximum Gasteiger partial charge on any atom is 0.258 e. The summed E-state index contributed by atoms with van der Waals surface area (Å²) in [6, 6.07) is 11.1. The summed E-state index contributed by atoms with van der Waals surface area (Å²) >= 11 is 0. The minimum atomic E-state index is 0.481. The zero-order valence-corrected chi connectivity index (χ0v) is 8.92. The molecule has 5 heteroatoms. The molecule has 1 aromatic carbocycles. The SMILES string of the molecule is Nc1ccc(-c2nc(-c3ccc[nH]3)no2)cc1. The van der Waals surface area contributed by atoms with Gasteiger partial charge in [-0.2, -0.15) is 4.98 Å². The zero-order chi connectivity index (χ0) is 11.7. The van der Waals surface area contributed by atoms with Crippen molar-refractivity contribution >= 4 is 5.69 Å². The van der Waals surface area contributed by atoms with Gasteiger partial charge in [-0.05, 0) is 36.4 Å². The number of nitrogens with two attached hydrogens (primary N) is 1. The van der Waals surface area contributed by atoms with E-state index >= 15 is 0 Å². The highest BCUT2D eigenvalue weighted by Crippen LogP contribution is 2.21. The molecular weight excluding hydrogens is 216 g/mol. The fraction of sp³-hybridized carbons (Fsp3) is 0. The lowest BCUT2D eigenvalue weighted by Crippen LogP contribution is -1.84. The topological polar surface area (TPSA) is 80.7 Å². The molecule has 0 atom stereocenters. The fourth-order valence-electron chi connectivity index (χ4n) is 1.55. The highest BCUT2D eigenvalue weighted by molar-refractivity contribution is 5.59. The summed E-state index contributed by atoms with van der Waals surface area (Å²) < 4.78 is 5.19. The number of hydrogen-bond donors (Lipinski definition) is 2. The standard InChI is InChI=1S/C12H10N4O/c13-9-5-3-8(4-6-9)12-15-11(16-17-12)10-2-1-7-14-10/h1-7,14H,13H2. The molecule has 0 amide bonds. The van der Waals surface area contributed by atoms with Gasteiger partial charge in [0.25, 0.3) is 5.89 Å². The summed E-state index contributed by atoms with van der Waals surface area (Å²) in [4.78, 5) is 7.33. The van der Waals surface area contributed by atoms with Gasteiger partial charge in [0.2, 0.25) is 5.82 Å². The van der Waals surface area contributed by atoms with E-state index in [0.29, 0.717) is 17.4 Å². The molecule has 3 N–H and O–H groups in total. The second-order valence-electron chi connectivity index (χ2n) is 3.63. The number of anilines is 1. The van der Waals surface area contributed by atoms with Crippen LogP contribution in [0.1, 0.15) is 0 Å². The summed E-state index contributed by atoms with van der Waals surface area (Å²) in [5, 5.41) is 3.91. The lowest BCUT2D eigenvalue weighted by atomic mass is 10.2. The molecule has 84 valence electrons. The normalized spacial score (nSPS) is 10.6. The molecule has 3 rings (SSSR count). The Kier molecular flexibility index (Phi) is 2.15. The summed E-state index contributed by atoms with van der Waals surface area (Å²) in [6.07, 6.45) is 1.81. The Morgan fingerprint density at radius 3 is 2.65 bits per heavy atom. The highest BCUT2D eigenvalue weighted by Gasteiger charge is 2.10. The third-order valence-corrected chi connectivity index (χ3v) is 2.42. The predicted octanol–water partition coefficient (Wildman–Crippen LogP) is 2.31. The smallest absolute Gasteiger partial charge is 0.258 e. The van der Waals surface area contributed by atoms with Gasteiger partial charge in [-0.25, -0.2) is 0 Å². The van der Waals surface area contributed by atoms with E-state index in [1.54, 1.807) is 12.1 Å². The Hall–Kier alpha value is -2.56. The van der Waals surface area contributed by atoms with E-state index in [0.717, 1.165) is 11.3 Å². The van der Waals surface area contributed by atoms with Crippen molar-refractivity contribution in [1.82, 2.24) is 15.1 Å². The Morgan fingerprint density at radius 1 is 1.12 bits per heavy atom. The van der Waals surface area contributed by atoms with Crippen LogP contribution >= 0.6 is 0 Å². The zero-order valence-electron chi connectivity index (χ0n) is 8.92. The number of H-pyrrole nitrogens is 1. The van der Waals surface area contributed by atoms with Gasteiger partial charge in [-0.15, -0.1) is 0 Å². The molecule has 0 saturated carbocycles. The summed E-state index contributed by atoms with van der Waals surface area (Å²) in [7, 11) is 0. The number of benzene rings is 1. The third kappa shape index (κ3) is 1.78. The van der Waals surface area contributed by atoms with E-state index in [4.69, 9.17) is 10.3 Å². The molecule has 17 heavy (non-hydrogen) atoms. The molecule has 5 nitrogen and oxygen atoms in total. The largest absolute Gasteiger partial charge is 0.399 e. The van der Waals surface area contributed by atoms with Crippen LogP contribution in [0.5, 0.6) is 0 Å². The molecule has 0 saturated heterocycles. The first-order valence-corrected chi connectivity index (χ1v) is 5.16. The van der Waals surface area contributed by atoms with E-state index in [1.807, 2.05) is 30.5 Å². The number of nitrogen functional groups attached to an aromatic ring is 1. The van der Waals surface area contributed by atoms with Crippen molar-refractivity contribution in [3.05, 3.63) is 42.6 Å². The first kappa shape index (κ1) is 9.65. The molecule has 0 bridgehead atoms. The minimum absolute atomic E-state index is 0.481. The van der Waals surface area contributed by atoms with Crippen LogP contribution in [0.3, 0.4) is 0 Å². The van der Waals surface area contributed by atoms with E-state index in [2.05, 4.69) is 15.1 Å². The maximum absolute atomic E-state index is 5.62. The van der Waals surface area contributed by atoms with E-state index in [9.17, 15) is 0 Å². The summed E-state index contributed by atoms with van der Waals surface area (Å²) in [5.41, 5.74) is 8.00. The van der Waals surface area contributed by atoms with Crippen LogP contribution in [0.15, 0.2) is 47.1 Å².